The Kier molecular flexibility index (Phi) is 7.31. The van der Waals surface area contributed by atoms with Crippen LogP contribution in [0.1, 0.15) is 16.8 Å². The first-order valence-electron chi connectivity index (χ1n) is 6.34. The largest absolute Gasteiger partial charge is 0.456 e. The quantitative estimate of drug-likeness (QED) is 0.555. The SMILES string of the molecule is CSCC[C@H](NC(N)=O)C(=O)OCC(=O)c1ccccc1. The molecule has 0 unspecified atom stereocenters. The van der Waals surface area contributed by atoms with Crippen molar-refractivity contribution in [2.24, 2.45) is 5.73 Å². The van der Waals surface area contributed by atoms with Gasteiger partial charge >= 0.3 is 12.0 Å². The third-order valence-electron chi connectivity index (χ3n) is 2.65. The number of carbonyl (C=O) groups is 3. The molecular formula is C14H18N2O4S. The van der Waals surface area contributed by atoms with Crippen molar-refractivity contribution in [2.75, 3.05) is 18.6 Å². The Hall–Kier alpha value is -2.02. The molecule has 0 aromatic heterocycles. The summed E-state index contributed by atoms with van der Waals surface area (Å²) in [6, 6.07) is 6.89. The van der Waals surface area contributed by atoms with Gasteiger partial charge in [0.05, 0.1) is 0 Å². The van der Waals surface area contributed by atoms with Gasteiger partial charge in [-0.05, 0) is 18.4 Å². The number of hydrogen-bond donors (Lipinski definition) is 2. The van der Waals surface area contributed by atoms with E-state index in [9.17, 15) is 14.4 Å². The lowest BCUT2D eigenvalue weighted by Gasteiger charge is -2.15. The van der Waals surface area contributed by atoms with Crippen molar-refractivity contribution < 1.29 is 19.1 Å². The van der Waals surface area contributed by atoms with E-state index in [0.29, 0.717) is 17.7 Å². The van der Waals surface area contributed by atoms with Crippen LogP contribution in [-0.4, -0.2) is 42.4 Å². The van der Waals surface area contributed by atoms with Crippen molar-refractivity contribution in [2.45, 2.75) is 12.5 Å². The minimum absolute atomic E-state index is 0.299. The first-order chi connectivity index (χ1) is 10.0. The molecule has 0 spiro atoms. The molecule has 2 amide bonds. The zero-order valence-electron chi connectivity index (χ0n) is 11.7. The van der Waals surface area contributed by atoms with Crippen LogP contribution in [0.4, 0.5) is 4.79 Å². The molecule has 6 nitrogen and oxygen atoms in total. The van der Waals surface area contributed by atoms with Crippen LogP contribution in [0.3, 0.4) is 0 Å². The van der Waals surface area contributed by atoms with Crippen molar-refractivity contribution in [1.29, 1.82) is 0 Å². The molecule has 0 aliphatic heterocycles. The van der Waals surface area contributed by atoms with Crippen LogP contribution in [0, 0.1) is 0 Å². The number of thioether (sulfide) groups is 1. The van der Waals surface area contributed by atoms with Gasteiger partial charge in [0.15, 0.2) is 12.4 Å². The fourth-order valence-electron chi connectivity index (χ4n) is 1.60. The molecular weight excluding hydrogens is 292 g/mol. The molecule has 0 fully saturated rings. The third-order valence-corrected chi connectivity index (χ3v) is 3.30. The number of nitrogens with one attached hydrogen (secondary N) is 1. The molecule has 0 aliphatic carbocycles. The number of benzene rings is 1. The molecule has 114 valence electrons. The summed E-state index contributed by atoms with van der Waals surface area (Å²) in [6.07, 6.45) is 2.27. The Labute approximate surface area is 127 Å². The van der Waals surface area contributed by atoms with Gasteiger partial charge in [0, 0.05) is 5.56 Å². The van der Waals surface area contributed by atoms with E-state index in [0.717, 1.165) is 0 Å². The molecule has 0 saturated carbocycles. The van der Waals surface area contributed by atoms with Gasteiger partial charge in [-0.25, -0.2) is 9.59 Å². The second-order valence-corrected chi connectivity index (χ2v) is 5.23. The van der Waals surface area contributed by atoms with Gasteiger partial charge in [0.1, 0.15) is 6.04 Å². The highest BCUT2D eigenvalue weighted by Gasteiger charge is 2.22. The first-order valence-corrected chi connectivity index (χ1v) is 7.73. The lowest BCUT2D eigenvalue weighted by atomic mass is 10.1. The smallest absolute Gasteiger partial charge is 0.329 e. The molecule has 21 heavy (non-hydrogen) atoms. The Balaban J connectivity index is 2.52. The molecule has 1 rings (SSSR count). The number of nitrogens with two attached hydrogens (primary N) is 1. The predicted molar refractivity (Wildman–Crippen MR) is 81.2 cm³/mol. The number of esters is 1. The number of urea groups is 1. The van der Waals surface area contributed by atoms with E-state index in [1.54, 1.807) is 30.3 Å². The maximum atomic E-state index is 11.9. The third kappa shape index (κ3) is 6.31. The average Bonchev–Trinajstić information content (AvgIpc) is 2.49. The number of Topliss-reactive ketones (excluding diaryl/α,β-unsaturated/α-hetero) is 1. The van der Waals surface area contributed by atoms with E-state index in [2.05, 4.69) is 5.32 Å². The molecule has 7 heteroatoms. The van der Waals surface area contributed by atoms with E-state index in [1.807, 2.05) is 6.26 Å². The second kappa shape index (κ2) is 9.02. The summed E-state index contributed by atoms with van der Waals surface area (Å²) in [4.78, 5) is 34.5. The summed E-state index contributed by atoms with van der Waals surface area (Å²) >= 11 is 1.53. The summed E-state index contributed by atoms with van der Waals surface area (Å²) in [7, 11) is 0. The lowest BCUT2D eigenvalue weighted by Crippen LogP contribution is -2.45. The highest BCUT2D eigenvalue weighted by atomic mass is 32.2. The fourth-order valence-corrected chi connectivity index (χ4v) is 2.07. The number of ketones is 1. The number of primary amides is 1. The normalized spacial score (nSPS) is 11.5. The van der Waals surface area contributed by atoms with E-state index >= 15 is 0 Å². The maximum Gasteiger partial charge on any atom is 0.329 e. The van der Waals surface area contributed by atoms with Crippen LogP contribution in [-0.2, 0) is 9.53 Å². The monoisotopic (exact) mass is 310 g/mol. The summed E-state index contributed by atoms with van der Waals surface area (Å²) in [5.74, 6) is -0.300. The topological polar surface area (TPSA) is 98.5 Å². The molecule has 1 aromatic carbocycles. The number of ether oxygens (including phenoxy) is 1. The van der Waals surface area contributed by atoms with Gasteiger partial charge in [0.2, 0.25) is 0 Å². The van der Waals surface area contributed by atoms with Gasteiger partial charge in [-0.15, -0.1) is 0 Å². The molecule has 0 bridgehead atoms. The summed E-state index contributed by atoms with van der Waals surface area (Å²) in [6.45, 7) is -0.362. The number of carbonyl (C=O) groups excluding carboxylic acids is 3. The minimum atomic E-state index is -0.835. The number of amides is 2. The number of hydrogen-bond acceptors (Lipinski definition) is 5. The zero-order chi connectivity index (χ0) is 15.7. The highest BCUT2D eigenvalue weighted by molar-refractivity contribution is 7.98. The van der Waals surface area contributed by atoms with Gasteiger partial charge in [-0.1, -0.05) is 30.3 Å². The molecule has 0 heterocycles. The number of rotatable bonds is 8. The van der Waals surface area contributed by atoms with Crippen molar-refractivity contribution in [3.8, 4) is 0 Å². The molecule has 0 saturated heterocycles. The van der Waals surface area contributed by atoms with E-state index in [4.69, 9.17) is 10.5 Å². The second-order valence-electron chi connectivity index (χ2n) is 4.24. The summed E-state index contributed by atoms with van der Waals surface area (Å²) in [5.41, 5.74) is 5.48. The van der Waals surface area contributed by atoms with Crippen LogP contribution < -0.4 is 11.1 Å². The Morgan fingerprint density at radius 3 is 2.52 bits per heavy atom. The zero-order valence-corrected chi connectivity index (χ0v) is 12.5. The molecule has 0 aliphatic rings. The Morgan fingerprint density at radius 2 is 1.95 bits per heavy atom. The lowest BCUT2D eigenvalue weighted by molar-refractivity contribution is -0.144. The van der Waals surface area contributed by atoms with Crippen LogP contribution >= 0.6 is 11.8 Å². The van der Waals surface area contributed by atoms with Gasteiger partial charge in [0.25, 0.3) is 0 Å². The molecule has 1 atom stereocenters. The van der Waals surface area contributed by atoms with Crippen molar-refractivity contribution in [1.82, 2.24) is 5.32 Å². The van der Waals surface area contributed by atoms with E-state index in [-0.39, 0.29) is 12.4 Å². The standard InChI is InChI=1S/C14H18N2O4S/c1-21-8-7-11(16-14(15)19)13(18)20-9-12(17)10-5-3-2-4-6-10/h2-6,11H,7-9H2,1H3,(H3,15,16,19)/t11-/m0/s1. The van der Waals surface area contributed by atoms with Gasteiger partial charge in [-0.2, -0.15) is 11.8 Å². The van der Waals surface area contributed by atoms with Crippen molar-refractivity contribution in [3.63, 3.8) is 0 Å². The van der Waals surface area contributed by atoms with Gasteiger partial charge < -0.3 is 15.8 Å². The van der Waals surface area contributed by atoms with Crippen molar-refractivity contribution in [3.05, 3.63) is 35.9 Å². The maximum absolute atomic E-state index is 11.9. The van der Waals surface area contributed by atoms with Crippen LogP contribution in [0.2, 0.25) is 0 Å². The predicted octanol–water partition coefficient (Wildman–Crippen LogP) is 1.20. The Bertz CT molecular complexity index is 493. The highest BCUT2D eigenvalue weighted by Crippen LogP contribution is 2.04. The van der Waals surface area contributed by atoms with E-state index in [1.165, 1.54) is 11.8 Å². The van der Waals surface area contributed by atoms with Crippen molar-refractivity contribution >= 4 is 29.5 Å². The molecule has 1 aromatic rings. The molecule has 3 N–H and O–H groups in total. The van der Waals surface area contributed by atoms with Crippen LogP contribution in [0.5, 0.6) is 0 Å². The first kappa shape index (κ1) is 17.0. The van der Waals surface area contributed by atoms with Gasteiger partial charge in [-0.3, -0.25) is 4.79 Å². The van der Waals surface area contributed by atoms with Crippen LogP contribution in [0.25, 0.3) is 0 Å². The summed E-state index contributed by atoms with van der Waals surface area (Å²) < 4.78 is 4.95. The Morgan fingerprint density at radius 1 is 1.29 bits per heavy atom. The fraction of sp³-hybridized carbons (Fsp3) is 0.357. The van der Waals surface area contributed by atoms with Crippen LogP contribution in [0.15, 0.2) is 30.3 Å². The summed E-state index contributed by atoms with van der Waals surface area (Å²) in [5, 5.41) is 2.32. The minimum Gasteiger partial charge on any atom is -0.456 e. The van der Waals surface area contributed by atoms with E-state index < -0.39 is 18.0 Å². The molecule has 0 radical (unpaired) electrons. The average molecular weight is 310 g/mol.